The number of carbonyl (C=O) groups excluding carboxylic acids is 1. The van der Waals surface area contributed by atoms with Crippen LogP contribution in [0.2, 0.25) is 5.02 Å². The summed E-state index contributed by atoms with van der Waals surface area (Å²) in [6, 6.07) is 5.02. The predicted molar refractivity (Wildman–Crippen MR) is 99.8 cm³/mol. The molecular formula is C16H19ClN8O2. The average molecular weight is 391 g/mol. The van der Waals surface area contributed by atoms with Crippen LogP contribution in [0.15, 0.2) is 18.3 Å². The first-order valence-electron chi connectivity index (χ1n) is 8.08. The van der Waals surface area contributed by atoms with Gasteiger partial charge in [0.1, 0.15) is 17.4 Å². The Morgan fingerprint density at radius 3 is 2.74 bits per heavy atom. The molecule has 142 valence electrons. The van der Waals surface area contributed by atoms with Crippen molar-refractivity contribution in [1.29, 1.82) is 5.26 Å². The lowest BCUT2D eigenvalue weighted by atomic mass is 10.1. The molecular weight excluding hydrogens is 372 g/mol. The number of hydrogen-bond donors (Lipinski definition) is 3. The van der Waals surface area contributed by atoms with Gasteiger partial charge in [0.2, 0.25) is 5.82 Å². The number of tetrazole rings is 1. The van der Waals surface area contributed by atoms with Crippen molar-refractivity contribution < 1.29 is 9.53 Å². The highest BCUT2D eigenvalue weighted by atomic mass is 35.5. The maximum atomic E-state index is 12.5. The summed E-state index contributed by atoms with van der Waals surface area (Å²) in [5, 5.41) is 27.3. The third kappa shape index (κ3) is 4.93. The van der Waals surface area contributed by atoms with Crippen LogP contribution >= 0.6 is 11.6 Å². The van der Waals surface area contributed by atoms with Crippen molar-refractivity contribution in [1.82, 2.24) is 31.1 Å². The van der Waals surface area contributed by atoms with Crippen LogP contribution < -0.4 is 15.5 Å². The van der Waals surface area contributed by atoms with Crippen molar-refractivity contribution in [2.45, 2.75) is 13.8 Å². The number of allylic oxidation sites excluding steroid dienone is 1. The van der Waals surface area contributed by atoms with Crippen LogP contribution in [0.25, 0.3) is 5.57 Å². The Bertz CT molecular complexity index is 856. The number of methoxy groups -OCH3 is 1. The lowest BCUT2D eigenvalue weighted by molar-refractivity contribution is 0.0802. The smallest absolute Gasteiger partial charge is 0.269 e. The quantitative estimate of drug-likeness (QED) is 0.459. The van der Waals surface area contributed by atoms with Crippen LogP contribution in [-0.4, -0.2) is 51.7 Å². The SMILES string of the molecule is CCN(CC)NC(=O)c1cc(Cl)c(NC=C(C#N)c2nn[nH]n2)cc1OC. The van der Waals surface area contributed by atoms with E-state index in [4.69, 9.17) is 16.3 Å². The Balaban J connectivity index is 2.28. The van der Waals surface area contributed by atoms with Crippen LogP contribution in [0, 0.1) is 11.3 Å². The van der Waals surface area contributed by atoms with E-state index in [0.29, 0.717) is 30.1 Å². The zero-order chi connectivity index (χ0) is 19.8. The molecule has 0 saturated heterocycles. The second-order valence-corrected chi connectivity index (χ2v) is 5.60. The molecule has 0 radical (unpaired) electrons. The topological polar surface area (TPSA) is 132 Å². The molecule has 1 amide bonds. The number of hydrogen-bond acceptors (Lipinski definition) is 8. The predicted octanol–water partition coefficient (Wildman–Crippen LogP) is 1.82. The van der Waals surface area contributed by atoms with E-state index in [9.17, 15) is 10.1 Å². The molecule has 1 heterocycles. The van der Waals surface area contributed by atoms with Gasteiger partial charge in [-0.2, -0.15) is 10.5 Å². The molecule has 0 aliphatic carbocycles. The molecule has 11 heteroatoms. The molecule has 0 bridgehead atoms. The van der Waals surface area contributed by atoms with Crippen molar-refractivity contribution in [3.05, 3.63) is 34.7 Å². The summed E-state index contributed by atoms with van der Waals surface area (Å²) >= 11 is 6.28. The van der Waals surface area contributed by atoms with Gasteiger partial charge in [-0.25, -0.2) is 5.01 Å². The van der Waals surface area contributed by atoms with Crippen LogP contribution in [0.3, 0.4) is 0 Å². The van der Waals surface area contributed by atoms with E-state index in [1.807, 2.05) is 19.9 Å². The van der Waals surface area contributed by atoms with Gasteiger partial charge in [0, 0.05) is 25.4 Å². The summed E-state index contributed by atoms with van der Waals surface area (Å²) in [6.45, 7) is 5.19. The molecule has 0 fully saturated rings. The molecule has 0 saturated carbocycles. The number of halogens is 1. The number of nitrogens with one attached hydrogen (secondary N) is 3. The second-order valence-electron chi connectivity index (χ2n) is 5.20. The molecule has 3 N–H and O–H groups in total. The van der Waals surface area contributed by atoms with Gasteiger partial charge in [0.05, 0.1) is 23.4 Å². The lowest BCUT2D eigenvalue weighted by Crippen LogP contribution is -2.41. The number of hydrazine groups is 1. The average Bonchev–Trinajstić information content (AvgIpc) is 3.21. The zero-order valence-corrected chi connectivity index (χ0v) is 15.8. The number of carbonyl (C=O) groups is 1. The van der Waals surface area contributed by atoms with Gasteiger partial charge >= 0.3 is 0 Å². The summed E-state index contributed by atoms with van der Waals surface area (Å²) in [5.41, 5.74) is 3.68. The first-order valence-corrected chi connectivity index (χ1v) is 8.45. The Morgan fingerprint density at radius 1 is 1.44 bits per heavy atom. The van der Waals surface area contributed by atoms with Crippen LogP contribution in [0.4, 0.5) is 5.69 Å². The molecule has 0 spiro atoms. The molecule has 1 aromatic carbocycles. The van der Waals surface area contributed by atoms with Crippen molar-refractivity contribution in [2.75, 3.05) is 25.5 Å². The number of anilines is 1. The summed E-state index contributed by atoms with van der Waals surface area (Å²) in [4.78, 5) is 12.5. The number of ether oxygens (including phenoxy) is 1. The van der Waals surface area contributed by atoms with Crippen molar-refractivity contribution in [3.63, 3.8) is 0 Å². The normalized spacial score (nSPS) is 11.2. The molecule has 0 aliphatic rings. The van der Waals surface area contributed by atoms with E-state index < -0.39 is 0 Å². The van der Waals surface area contributed by atoms with Crippen LogP contribution in [0.5, 0.6) is 5.75 Å². The third-order valence-electron chi connectivity index (χ3n) is 3.64. The third-order valence-corrected chi connectivity index (χ3v) is 3.95. The highest BCUT2D eigenvalue weighted by molar-refractivity contribution is 6.33. The maximum absolute atomic E-state index is 12.5. The highest BCUT2D eigenvalue weighted by Crippen LogP contribution is 2.31. The molecule has 0 aliphatic heterocycles. The van der Waals surface area contributed by atoms with E-state index in [-0.39, 0.29) is 22.3 Å². The van der Waals surface area contributed by atoms with Crippen LogP contribution in [0.1, 0.15) is 30.0 Å². The van der Waals surface area contributed by atoms with E-state index in [1.165, 1.54) is 19.4 Å². The van der Waals surface area contributed by atoms with Crippen molar-refractivity contribution >= 4 is 28.8 Å². The molecule has 2 rings (SSSR count). The van der Waals surface area contributed by atoms with Gasteiger partial charge in [-0.05, 0) is 11.3 Å². The number of H-pyrrole nitrogens is 1. The number of nitrogens with zero attached hydrogens (tertiary/aromatic N) is 5. The van der Waals surface area contributed by atoms with E-state index in [0.717, 1.165) is 0 Å². The second kappa shape index (κ2) is 9.51. The number of aromatic nitrogens is 4. The van der Waals surface area contributed by atoms with Crippen LogP contribution in [-0.2, 0) is 0 Å². The Morgan fingerprint density at radius 2 is 2.19 bits per heavy atom. The molecule has 27 heavy (non-hydrogen) atoms. The largest absolute Gasteiger partial charge is 0.496 e. The lowest BCUT2D eigenvalue weighted by Gasteiger charge is -2.20. The number of benzene rings is 1. The fourth-order valence-corrected chi connectivity index (χ4v) is 2.39. The van der Waals surface area contributed by atoms with Gasteiger partial charge in [0.25, 0.3) is 5.91 Å². The number of rotatable bonds is 8. The van der Waals surface area contributed by atoms with E-state index in [2.05, 4.69) is 31.4 Å². The summed E-state index contributed by atoms with van der Waals surface area (Å²) in [5.74, 6) is 0.144. The fourth-order valence-electron chi connectivity index (χ4n) is 2.17. The summed E-state index contributed by atoms with van der Waals surface area (Å²) in [6.07, 6.45) is 1.39. The molecule has 1 aromatic heterocycles. The first-order chi connectivity index (χ1) is 13.0. The highest BCUT2D eigenvalue weighted by Gasteiger charge is 2.17. The maximum Gasteiger partial charge on any atom is 0.269 e. The Labute approximate surface area is 161 Å². The van der Waals surface area contributed by atoms with Gasteiger partial charge in [-0.3, -0.25) is 10.2 Å². The van der Waals surface area contributed by atoms with Gasteiger partial charge in [-0.15, -0.1) is 10.2 Å². The molecule has 2 aromatic rings. The van der Waals surface area contributed by atoms with Gasteiger partial charge < -0.3 is 10.1 Å². The minimum absolute atomic E-state index is 0.142. The standard InChI is InChI=1S/C16H19ClN8O2/c1-4-25(5-2)22-16(26)11-6-12(17)13(7-14(11)27-3)19-9-10(8-18)15-20-23-24-21-15/h6-7,9,19H,4-5H2,1-3H3,(H,22,26)(H,20,21,23,24). The first kappa shape index (κ1) is 20.2. The molecule has 0 unspecified atom stereocenters. The number of aromatic amines is 1. The fraction of sp³-hybridized carbons (Fsp3) is 0.312. The molecule has 0 atom stereocenters. The molecule has 10 nitrogen and oxygen atoms in total. The van der Waals surface area contributed by atoms with Gasteiger partial charge in [0.15, 0.2) is 0 Å². The van der Waals surface area contributed by atoms with E-state index >= 15 is 0 Å². The summed E-state index contributed by atoms with van der Waals surface area (Å²) < 4.78 is 5.31. The van der Waals surface area contributed by atoms with Crippen molar-refractivity contribution in [3.8, 4) is 11.8 Å². The number of nitriles is 1. The minimum Gasteiger partial charge on any atom is -0.496 e. The number of amides is 1. The van der Waals surface area contributed by atoms with Crippen molar-refractivity contribution in [2.24, 2.45) is 0 Å². The minimum atomic E-state index is -0.330. The Hall–Kier alpha value is -3.16. The summed E-state index contributed by atoms with van der Waals surface area (Å²) in [7, 11) is 1.46. The zero-order valence-electron chi connectivity index (χ0n) is 15.1. The monoisotopic (exact) mass is 390 g/mol. The van der Waals surface area contributed by atoms with Gasteiger partial charge in [-0.1, -0.05) is 25.4 Å². The van der Waals surface area contributed by atoms with E-state index in [1.54, 1.807) is 11.1 Å². The Kier molecular flexibility index (Phi) is 7.10.